The van der Waals surface area contributed by atoms with E-state index in [9.17, 15) is 9.59 Å². The average molecular weight is 465 g/mol. The fourth-order valence-corrected chi connectivity index (χ4v) is 5.23. The van der Waals surface area contributed by atoms with Crippen molar-refractivity contribution in [1.82, 2.24) is 10.2 Å². The zero-order valence-corrected chi connectivity index (χ0v) is 19.8. The van der Waals surface area contributed by atoms with Gasteiger partial charge in [-0.25, -0.2) is 9.59 Å². The number of amides is 4. The summed E-state index contributed by atoms with van der Waals surface area (Å²) in [7, 11) is 0. The maximum absolute atomic E-state index is 13.7. The van der Waals surface area contributed by atoms with Crippen LogP contribution < -0.4 is 25.0 Å². The molecule has 2 heterocycles. The summed E-state index contributed by atoms with van der Waals surface area (Å²) >= 11 is 0. The molecule has 0 spiro atoms. The number of carbonyl (C=O) groups is 2. The fraction of sp³-hybridized carbons (Fsp3) is 0.462. The van der Waals surface area contributed by atoms with E-state index in [1.54, 1.807) is 4.90 Å². The lowest BCUT2D eigenvalue weighted by Gasteiger charge is -2.41. The molecule has 34 heavy (non-hydrogen) atoms. The van der Waals surface area contributed by atoms with Crippen molar-refractivity contribution < 1.29 is 19.1 Å². The highest BCUT2D eigenvalue weighted by Crippen LogP contribution is 2.36. The lowest BCUT2D eigenvalue weighted by Crippen LogP contribution is -2.48. The van der Waals surface area contributed by atoms with Crippen molar-refractivity contribution in [3.63, 3.8) is 0 Å². The van der Waals surface area contributed by atoms with Crippen LogP contribution in [0.4, 0.5) is 21.0 Å². The number of benzene rings is 2. The van der Waals surface area contributed by atoms with Crippen LogP contribution in [0.3, 0.4) is 0 Å². The van der Waals surface area contributed by atoms with Crippen LogP contribution in [0.25, 0.3) is 0 Å². The molecule has 5 rings (SSSR count). The van der Waals surface area contributed by atoms with Crippen molar-refractivity contribution in [3.05, 3.63) is 48.0 Å². The Balaban J connectivity index is 1.38. The van der Waals surface area contributed by atoms with Gasteiger partial charge in [0.15, 0.2) is 11.5 Å². The number of fused-ring (bicyclic) bond motifs is 1. The van der Waals surface area contributed by atoms with Gasteiger partial charge in [0.2, 0.25) is 6.79 Å². The van der Waals surface area contributed by atoms with Gasteiger partial charge in [-0.1, -0.05) is 38.8 Å². The van der Waals surface area contributed by atoms with Crippen molar-refractivity contribution in [3.8, 4) is 11.5 Å². The Morgan fingerprint density at radius 1 is 1.15 bits per heavy atom. The summed E-state index contributed by atoms with van der Waals surface area (Å²) in [6.07, 6.45) is 3.29. The van der Waals surface area contributed by atoms with E-state index in [4.69, 9.17) is 9.47 Å². The number of rotatable bonds is 5. The van der Waals surface area contributed by atoms with Crippen molar-refractivity contribution in [2.45, 2.75) is 45.7 Å². The van der Waals surface area contributed by atoms with Crippen molar-refractivity contribution >= 4 is 23.4 Å². The minimum Gasteiger partial charge on any atom is -0.454 e. The molecule has 3 aliphatic rings. The van der Waals surface area contributed by atoms with E-state index in [-0.39, 0.29) is 24.9 Å². The van der Waals surface area contributed by atoms with Crippen molar-refractivity contribution in [2.75, 3.05) is 30.1 Å². The second-order valence-electron chi connectivity index (χ2n) is 9.51. The van der Waals surface area contributed by atoms with Crippen LogP contribution in [-0.2, 0) is 6.54 Å². The van der Waals surface area contributed by atoms with Crippen LogP contribution in [0.15, 0.2) is 42.5 Å². The Kier molecular flexibility index (Phi) is 6.22. The van der Waals surface area contributed by atoms with Gasteiger partial charge in [-0.05, 0) is 54.2 Å². The molecule has 1 aliphatic carbocycles. The Morgan fingerprint density at radius 3 is 2.82 bits per heavy atom. The first-order valence-electron chi connectivity index (χ1n) is 12.1. The highest BCUT2D eigenvalue weighted by atomic mass is 16.7. The molecule has 0 radical (unpaired) electrons. The maximum Gasteiger partial charge on any atom is 0.322 e. The van der Waals surface area contributed by atoms with Crippen LogP contribution in [0, 0.1) is 11.8 Å². The second kappa shape index (κ2) is 9.44. The van der Waals surface area contributed by atoms with Gasteiger partial charge in [0.05, 0.1) is 0 Å². The molecular weight excluding hydrogens is 432 g/mol. The Hall–Kier alpha value is -3.42. The Labute approximate surface area is 200 Å². The molecule has 180 valence electrons. The Bertz CT molecular complexity index is 1070. The van der Waals surface area contributed by atoms with E-state index < -0.39 is 0 Å². The molecule has 0 unspecified atom stereocenters. The number of hydrogen-bond donors (Lipinski definition) is 2. The summed E-state index contributed by atoms with van der Waals surface area (Å²) in [5.41, 5.74) is 2.46. The van der Waals surface area contributed by atoms with Gasteiger partial charge in [0, 0.05) is 37.1 Å². The quantitative estimate of drug-likeness (QED) is 0.666. The summed E-state index contributed by atoms with van der Waals surface area (Å²) < 4.78 is 11.0. The minimum absolute atomic E-state index is 0.113. The standard InChI is InChI=1S/C26H32N4O4/c1-17-5-3-8-22(18(17)2)30(15-19-9-10-23-24(13-19)34-16-33-23)26(32)28-20-6-4-7-21(14-20)29-12-11-27-25(29)31/h4,6-7,9-10,13-14,17-18,22H,3,5,8,11-12,15-16H2,1-2H3,(H,27,31)(H,28,32)/t17-,18+,22-/m1/s1. The SMILES string of the molecule is C[C@H]1[C@H](C)CCC[C@H]1N(Cc1ccc2c(c1)OCO2)C(=O)Nc1cccc(N2CCNC2=O)c1. The molecule has 8 nitrogen and oxygen atoms in total. The van der Waals surface area contributed by atoms with Gasteiger partial charge in [-0.15, -0.1) is 0 Å². The van der Waals surface area contributed by atoms with Gasteiger partial charge in [0.1, 0.15) is 0 Å². The van der Waals surface area contributed by atoms with Crippen molar-refractivity contribution in [1.29, 1.82) is 0 Å². The topological polar surface area (TPSA) is 83.1 Å². The number of nitrogens with zero attached hydrogens (tertiary/aromatic N) is 2. The highest BCUT2D eigenvalue weighted by Gasteiger charge is 2.34. The second-order valence-corrected chi connectivity index (χ2v) is 9.51. The molecular formula is C26H32N4O4. The molecule has 8 heteroatoms. The van der Waals surface area contributed by atoms with Gasteiger partial charge < -0.3 is 25.0 Å². The summed E-state index contributed by atoms with van der Waals surface area (Å²) in [5.74, 6) is 2.41. The van der Waals surface area contributed by atoms with Crippen LogP contribution in [0.2, 0.25) is 0 Å². The molecule has 1 saturated heterocycles. The predicted octanol–water partition coefficient (Wildman–Crippen LogP) is 4.80. The number of anilines is 2. The van der Waals surface area contributed by atoms with E-state index in [1.165, 1.54) is 6.42 Å². The highest BCUT2D eigenvalue weighted by molar-refractivity contribution is 5.96. The number of hydrogen-bond acceptors (Lipinski definition) is 4. The number of nitrogens with one attached hydrogen (secondary N) is 2. The molecule has 2 N–H and O–H groups in total. The number of carbonyl (C=O) groups excluding carboxylic acids is 2. The van der Waals surface area contributed by atoms with E-state index >= 15 is 0 Å². The van der Waals surface area contributed by atoms with Crippen molar-refractivity contribution in [2.24, 2.45) is 11.8 Å². The normalized spacial score (nSPS) is 23.5. The van der Waals surface area contributed by atoms with Crippen LogP contribution in [0.1, 0.15) is 38.7 Å². The third-order valence-corrected chi connectivity index (χ3v) is 7.38. The zero-order chi connectivity index (χ0) is 23.7. The molecule has 0 bridgehead atoms. The van der Waals surface area contributed by atoms with E-state index in [2.05, 4.69) is 24.5 Å². The molecule has 2 aromatic rings. The van der Waals surface area contributed by atoms with Gasteiger partial charge >= 0.3 is 12.1 Å². The summed E-state index contributed by atoms with van der Waals surface area (Å²) in [5, 5.41) is 5.91. The van der Waals surface area contributed by atoms with Crippen LogP contribution in [-0.4, -0.2) is 42.9 Å². The third kappa shape index (κ3) is 4.49. The van der Waals surface area contributed by atoms with Crippen LogP contribution in [0.5, 0.6) is 11.5 Å². The molecule has 4 amide bonds. The van der Waals surface area contributed by atoms with E-state index in [1.807, 2.05) is 47.4 Å². The van der Waals surface area contributed by atoms with Gasteiger partial charge in [-0.3, -0.25) is 4.90 Å². The summed E-state index contributed by atoms with van der Waals surface area (Å²) in [4.78, 5) is 29.4. The molecule has 2 aromatic carbocycles. The predicted molar refractivity (Wildman–Crippen MR) is 130 cm³/mol. The molecule has 1 saturated carbocycles. The lowest BCUT2D eigenvalue weighted by molar-refractivity contribution is 0.102. The monoisotopic (exact) mass is 464 g/mol. The van der Waals surface area contributed by atoms with E-state index in [0.29, 0.717) is 37.2 Å². The van der Waals surface area contributed by atoms with Gasteiger partial charge in [0.25, 0.3) is 0 Å². The fourth-order valence-electron chi connectivity index (χ4n) is 5.23. The summed E-state index contributed by atoms with van der Waals surface area (Å²) in [6.45, 7) is 6.48. The maximum atomic E-state index is 13.7. The van der Waals surface area contributed by atoms with Crippen LogP contribution >= 0.6 is 0 Å². The lowest BCUT2D eigenvalue weighted by atomic mass is 9.77. The largest absolute Gasteiger partial charge is 0.454 e. The third-order valence-electron chi connectivity index (χ3n) is 7.38. The number of ether oxygens (including phenoxy) is 2. The first kappa shape index (κ1) is 22.4. The van der Waals surface area contributed by atoms with Gasteiger partial charge in [-0.2, -0.15) is 0 Å². The van der Waals surface area contributed by atoms with E-state index in [0.717, 1.165) is 35.6 Å². The molecule has 2 fully saturated rings. The first-order chi connectivity index (χ1) is 16.5. The minimum atomic E-state index is -0.133. The first-order valence-corrected chi connectivity index (χ1v) is 12.1. The summed E-state index contributed by atoms with van der Waals surface area (Å²) in [6, 6.07) is 13.2. The average Bonchev–Trinajstić information content (AvgIpc) is 3.48. The molecule has 2 aliphatic heterocycles. The number of urea groups is 2. The molecule has 3 atom stereocenters. The zero-order valence-electron chi connectivity index (χ0n) is 19.8. The molecule has 0 aromatic heterocycles. The Morgan fingerprint density at radius 2 is 2.00 bits per heavy atom. The smallest absolute Gasteiger partial charge is 0.322 e.